The first-order valence-corrected chi connectivity index (χ1v) is 9.30. The van der Waals surface area contributed by atoms with Crippen LogP contribution in [0.4, 0.5) is 10.5 Å². The fourth-order valence-electron chi connectivity index (χ4n) is 2.65. The number of phenols is 1. The number of nitrogens with one attached hydrogen (secondary N) is 1. The molecule has 0 aliphatic carbocycles. The predicted octanol–water partition coefficient (Wildman–Crippen LogP) is 3.08. The normalized spacial score (nSPS) is 15.0. The Hall–Kier alpha value is -3.46. The maximum atomic E-state index is 12.6. The van der Waals surface area contributed by atoms with Gasteiger partial charge < -0.3 is 19.9 Å². The van der Waals surface area contributed by atoms with Crippen molar-refractivity contribution in [2.75, 3.05) is 26.1 Å². The van der Waals surface area contributed by atoms with Gasteiger partial charge >= 0.3 is 0 Å². The van der Waals surface area contributed by atoms with Gasteiger partial charge in [0.15, 0.2) is 11.5 Å². The number of benzene rings is 2. The number of aromatic hydroxyl groups is 1. The van der Waals surface area contributed by atoms with E-state index in [0.29, 0.717) is 17.0 Å². The predicted molar refractivity (Wildman–Crippen MR) is 109 cm³/mol. The lowest BCUT2D eigenvalue weighted by Gasteiger charge is -2.14. The Bertz CT molecular complexity index is 1000. The second-order valence-corrected chi connectivity index (χ2v) is 6.94. The molecule has 0 spiro atoms. The lowest BCUT2D eigenvalue weighted by atomic mass is 10.2. The summed E-state index contributed by atoms with van der Waals surface area (Å²) in [5, 5.41) is 11.7. The van der Waals surface area contributed by atoms with E-state index in [4.69, 9.17) is 9.47 Å². The molecule has 8 nitrogen and oxygen atoms in total. The van der Waals surface area contributed by atoms with Gasteiger partial charge in [0.25, 0.3) is 11.1 Å². The van der Waals surface area contributed by atoms with Crippen LogP contribution in [-0.4, -0.2) is 47.8 Å². The second kappa shape index (κ2) is 8.70. The topological polar surface area (TPSA) is 105 Å². The number of hydrogen-bond acceptors (Lipinski definition) is 7. The van der Waals surface area contributed by atoms with Crippen molar-refractivity contribution in [1.29, 1.82) is 0 Å². The van der Waals surface area contributed by atoms with Gasteiger partial charge in [0.2, 0.25) is 5.91 Å². The molecular weight excluding hydrogens is 396 g/mol. The lowest BCUT2D eigenvalue weighted by Crippen LogP contribution is -2.36. The number of methoxy groups -OCH3 is 2. The van der Waals surface area contributed by atoms with Gasteiger partial charge in [-0.25, -0.2) is 0 Å². The van der Waals surface area contributed by atoms with E-state index in [1.807, 2.05) is 0 Å². The van der Waals surface area contributed by atoms with Crippen LogP contribution in [0.3, 0.4) is 0 Å². The number of phenolic OH excluding ortho intramolecular Hbond substituents is 1. The molecule has 0 radical (unpaired) electrons. The van der Waals surface area contributed by atoms with Gasteiger partial charge in [-0.1, -0.05) is 18.2 Å². The van der Waals surface area contributed by atoms with Gasteiger partial charge in [-0.2, -0.15) is 0 Å². The third-order valence-electron chi connectivity index (χ3n) is 4.06. The Morgan fingerprint density at radius 1 is 1.14 bits per heavy atom. The molecule has 1 aliphatic heterocycles. The number of anilines is 1. The highest BCUT2D eigenvalue weighted by Crippen LogP contribution is 2.34. The number of ether oxygens (including phenoxy) is 2. The molecule has 1 aliphatic rings. The van der Waals surface area contributed by atoms with Crippen molar-refractivity contribution in [3.63, 3.8) is 0 Å². The molecule has 0 atom stereocenters. The van der Waals surface area contributed by atoms with Gasteiger partial charge in [0.1, 0.15) is 12.3 Å². The standard InChI is InChI=1S/C20H18N2O6S/c1-27-15-6-4-3-5-13(15)21-18(24)11-22-19(25)17(29-20(22)26)10-12-7-8-14(23)16(9-12)28-2/h3-10,23H,11H2,1-2H3,(H,21,24)/b17-10-. The molecule has 150 valence electrons. The lowest BCUT2D eigenvalue weighted by molar-refractivity contribution is -0.127. The van der Waals surface area contributed by atoms with Crippen LogP contribution in [0.1, 0.15) is 5.56 Å². The summed E-state index contributed by atoms with van der Waals surface area (Å²) in [6.07, 6.45) is 1.50. The summed E-state index contributed by atoms with van der Waals surface area (Å²) in [6, 6.07) is 11.4. The molecule has 9 heteroatoms. The molecule has 2 N–H and O–H groups in total. The molecule has 0 saturated carbocycles. The molecule has 0 unspecified atom stereocenters. The van der Waals surface area contributed by atoms with Crippen molar-refractivity contribution in [1.82, 2.24) is 4.90 Å². The first kappa shape index (κ1) is 20.3. The van der Waals surface area contributed by atoms with Gasteiger partial charge in [-0.15, -0.1) is 0 Å². The fraction of sp³-hybridized carbons (Fsp3) is 0.150. The van der Waals surface area contributed by atoms with Crippen LogP contribution < -0.4 is 14.8 Å². The number of para-hydroxylation sites is 2. The number of nitrogens with zero attached hydrogens (tertiary/aromatic N) is 1. The minimum Gasteiger partial charge on any atom is -0.504 e. The summed E-state index contributed by atoms with van der Waals surface area (Å²) in [5.74, 6) is -0.414. The molecule has 1 fully saturated rings. The van der Waals surface area contributed by atoms with Gasteiger partial charge in [0.05, 0.1) is 24.8 Å². The van der Waals surface area contributed by atoms with Crippen molar-refractivity contribution in [2.24, 2.45) is 0 Å². The summed E-state index contributed by atoms with van der Waals surface area (Å²) in [6.45, 7) is -0.418. The van der Waals surface area contributed by atoms with Crippen LogP contribution in [0.2, 0.25) is 0 Å². The Labute approximate surface area is 171 Å². The number of carbonyl (C=O) groups is 3. The largest absolute Gasteiger partial charge is 0.504 e. The molecule has 1 heterocycles. The number of imide groups is 1. The average Bonchev–Trinajstić information content (AvgIpc) is 2.97. The molecule has 3 amide bonds. The highest BCUT2D eigenvalue weighted by Gasteiger charge is 2.36. The van der Waals surface area contributed by atoms with Crippen LogP contribution >= 0.6 is 11.8 Å². The van der Waals surface area contributed by atoms with Crippen LogP contribution in [0.15, 0.2) is 47.4 Å². The maximum Gasteiger partial charge on any atom is 0.294 e. The van der Waals surface area contributed by atoms with Crippen LogP contribution in [0, 0.1) is 0 Å². The molecular formula is C20H18N2O6S. The first-order valence-electron chi connectivity index (χ1n) is 8.48. The zero-order valence-electron chi connectivity index (χ0n) is 15.7. The smallest absolute Gasteiger partial charge is 0.294 e. The van der Waals surface area contributed by atoms with Crippen molar-refractivity contribution in [3.8, 4) is 17.2 Å². The third kappa shape index (κ3) is 4.52. The van der Waals surface area contributed by atoms with Crippen molar-refractivity contribution >= 4 is 40.6 Å². The molecule has 2 aromatic rings. The summed E-state index contributed by atoms with van der Waals surface area (Å²) < 4.78 is 10.2. The zero-order chi connectivity index (χ0) is 21.0. The zero-order valence-corrected chi connectivity index (χ0v) is 16.5. The molecule has 2 aromatic carbocycles. The number of amides is 3. The van der Waals surface area contributed by atoms with Crippen LogP contribution in [0.5, 0.6) is 17.2 Å². The van der Waals surface area contributed by atoms with Crippen molar-refractivity contribution < 1.29 is 29.0 Å². The Balaban J connectivity index is 1.72. The fourth-order valence-corrected chi connectivity index (χ4v) is 3.49. The number of hydrogen-bond donors (Lipinski definition) is 2. The summed E-state index contributed by atoms with van der Waals surface area (Å²) >= 11 is 0.741. The number of thioether (sulfide) groups is 1. The third-order valence-corrected chi connectivity index (χ3v) is 4.97. The summed E-state index contributed by atoms with van der Waals surface area (Å²) in [4.78, 5) is 38.2. The molecule has 0 bridgehead atoms. The Kier molecular flexibility index (Phi) is 6.08. The first-order chi connectivity index (χ1) is 13.9. The molecule has 1 saturated heterocycles. The number of rotatable bonds is 6. The van der Waals surface area contributed by atoms with E-state index in [0.717, 1.165) is 16.7 Å². The highest BCUT2D eigenvalue weighted by atomic mass is 32.2. The van der Waals surface area contributed by atoms with E-state index in [-0.39, 0.29) is 16.4 Å². The minimum absolute atomic E-state index is 0.0363. The van der Waals surface area contributed by atoms with E-state index in [1.54, 1.807) is 30.3 Å². The van der Waals surface area contributed by atoms with E-state index < -0.39 is 23.6 Å². The van der Waals surface area contributed by atoms with Gasteiger partial charge in [-0.3, -0.25) is 19.3 Å². The molecule has 29 heavy (non-hydrogen) atoms. The van der Waals surface area contributed by atoms with E-state index in [9.17, 15) is 19.5 Å². The summed E-state index contributed by atoms with van der Waals surface area (Å²) in [7, 11) is 2.89. The Morgan fingerprint density at radius 2 is 1.86 bits per heavy atom. The SMILES string of the molecule is COc1cc(/C=C2\SC(=O)N(CC(=O)Nc3ccccc3OC)C2=O)ccc1O. The summed E-state index contributed by atoms with van der Waals surface area (Å²) in [5.41, 5.74) is 1.02. The van der Waals surface area contributed by atoms with Crippen LogP contribution in [-0.2, 0) is 9.59 Å². The molecule has 0 aromatic heterocycles. The van der Waals surface area contributed by atoms with E-state index >= 15 is 0 Å². The quantitative estimate of drug-likeness (QED) is 0.700. The molecule has 3 rings (SSSR count). The highest BCUT2D eigenvalue weighted by molar-refractivity contribution is 8.18. The average molecular weight is 414 g/mol. The van der Waals surface area contributed by atoms with Crippen molar-refractivity contribution in [3.05, 3.63) is 52.9 Å². The number of carbonyl (C=O) groups excluding carboxylic acids is 3. The monoisotopic (exact) mass is 414 g/mol. The minimum atomic E-state index is -0.567. The van der Waals surface area contributed by atoms with Crippen LogP contribution in [0.25, 0.3) is 6.08 Å². The van der Waals surface area contributed by atoms with E-state index in [1.165, 1.54) is 32.4 Å². The second-order valence-electron chi connectivity index (χ2n) is 5.95. The van der Waals surface area contributed by atoms with E-state index in [2.05, 4.69) is 5.32 Å². The van der Waals surface area contributed by atoms with Gasteiger partial charge in [-0.05, 0) is 47.7 Å². The van der Waals surface area contributed by atoms with Gasteiger partial charge in [0, 0.05) is 0 Å². The van der Waals surface area contributed by atoms with Crippen molar-refractivity contribution in [2.45, 2.75) is 0 Å². The Morgan fingerprint density at radius 3 is 2.59 bits per heavy atom. The maximum absolute atomic E-state index is 12.6.